The topological polar surface area (TPSA) is 66.8 Å². The van der Waals surface area contributed by atoms with Gasteiger partial charge in [0, 0.05) is 56.6 Å². The van der Waals surface area contributed by atoms with Crippen molar-refractivity contribution >= 4 is 11.8 Å². The molecule has 1 aromatic carbocycles. The van der Waals surface area contributed by atoms with Gasteiger partial charge in [-0.3, -0.25) is 9.97 Å². The first-order valence-electron chi connectivity index (χ1n) is 9.95. The molecule has 0 unspecified atom stereocenters. The van der Waals surface area contributed by atoms with E-state index in [4.69, 9.17) is 9.97 Å². The Kier molecular flexibility index (Phi) is 6.25. The van der Waals surface area contributed by atoms with E-state index in [2.05, 4.69) is 39.4 Å². The van der Waals surface area contributed by atoms with E-state index in [9.17, 15) is 0 Å². The first kappa shape index (κ1) is 19.5. The van der Waals surface area contributed by atoms with E-state index < -0.39 is 0 Å². The van der Waals surface area contributed by atoms with Crippen molar-refractivity contribution in [3.63, 3.8) is 0 Å². The molecule has 0 atom stereocenters. The Labute approximate surface area is 176 Å². The summed E-state index contributed by atoms with van der Waals surface area (Å²) in [4.78, 5) is 19.8. The Hall–Kier alpha value is -3.80. The largest absolute Gasteiger partial charge is 0.359 e. The maximum absolute atomic E-state index is 4.76. The SMILES string of the molecule is CN(CCc1ccncc1)c1cc(-c2ccccc2)nc(NCc2ccncc2)n1. The van der Waals surface area contributed by atoms with Crippen LogP contribution in [-0.2, 0) is 13.0 Å². The van der Waals surface area contributed by atoms with Crippen molar-refractivity contribution in [3.8, 4) is 11.3 Å². The number of hydrogen-bond donors (Lipinski definition) is 1. The van der Waals surface area contributed by atoms with E-state index in [1.807, 2.05) is 60.9 Å². The van der Waals surface area contributed by atoms with Gasteiger partial charge in [-0.05, 0) is 41.8 Å². The molecule has 0 bridgehead atoms. The minimum Gasteiger partial charge on any atom is -0.359 e. The first-order valence-corrected chi connectivity index (χ1v) is 9.95. The van der Waals surface area contributed by atoms with Crippen LogP contribution in [0.15, 0.2) is 85.5 Å². The standard InChI is InChI=1S/C24H24N6/c1-30(16-11-19-7-12-25-13-8-19)23-17-22(21-5-3-2-4-6-21)28-24(29-23)27-18-20-9-14-26-15-10-20/h2-10,12-15,17H,11,16,18H2,1H3,(H,27,28,29). The number of nitrogens with zero attached hydrogens (tertiary/aromatic N) is 5. The average Bonchev–Trinajstić information content (AvgIpc) is 2.83. The van der Waals surface area contributed by atoms with Gasteiger partial charge in [-0.2, -0.15) is 4.98 Å². The maximum atomic E-state index is 4.76. The van der Waals surface area contributed by atoms with Gasteiger partial charge < -0.3 is 10.2 Å². The van der Waals surface area contributed by atoms with E-state index in [1.54, 1.807) is 12.4 Å². The molecule has 0 radical (unpaired) electrons. The molecule has 4 aromatic rings. The average molecular weight is 396 g/mol. The third-order valence-electron chi connectivity index (χ3n) is 4.86. The molecular weight excluding hydrogens is 372 g/mol. The molecule has 3 aromatic heterocycles. The molecule has 0 amide bonds. The third kappa shape index (κ3) is 5.17. The maximum Gasteiger partial charge on any atom is 0.225 e. The minimum absolute atomic E-state index is 0.610. The highest BCUT2D eigenvalue weighted by Crippen LogP contribution is 2.23. The summed E-state index contributed by atoms with van der Waals surface area (Å²) >= 11 is 0. The van der Waals surface area contributed by atoms with E-state index in [1.165, 1.54) is 5.56 Å². The monoisotopic (exact) mass is 396 g/mol. The van der Waals surface area contributed by atoms with Gasteiger partial charge in [-0.25, -0.2) is 4.98 Å². The molecule has 4 rings (SSSR count). The van der Waals surface area contributed by atoms with Crippen LogP contribution in [0.25, 0.3) is 11.3 Å². The summed E-state index contributed by atoms with van der Waals surface area (Å²) in [5, 5.41) is 3.36. The molecule has 1 N–H and O–H groups in total. The summed E-state index contributed by atoms with van der Waals surface area (Å²) < 4.78 is 0. The predicted octanol–water partition coefficient (Wildman–Crippen LogP) is 4.22. The van der Waals surface area contributed by atoms with Crippen LogP contribution >= 0.6 is 0 Å². The summed E-state index contributed by atoms with van der Waals surface area (Å²) in [6, 6.07) is 20.3. The van der Waals surface area contributed by atoms with Crippen LogP contribution in [0.1, 0.15) is 11.1 Å². The van der Waals surface area contributed by atoms with Gasteiger partial charge in [0.1, 0.15) is 5.82 Å². The Morgan fingerprint density at radius 3 is 2.17 bits per heavy atom. The van der Waals surface area contributed by atoms with Gasteiger partial charge >= 0.3 is 0 Å². The molecule has 0 saturated carbocycles. The molecule has 6 heteroatoms. The molecule has 0 aliphatic carbocycles. The third-order valence-corrected chi connectivity index (χ3v) is 4.86. The summed E-state index contributed by atoms with van der Waals surface area (Å²) in [6.07, 6.45) is 8.15. The molecule has 3 heterocycles. The number of likely N-dealkylation sites (N-methyl/N-ethyl adjacent to an activating group) is 1. The lowest BCUT2D eigenvalue weighted by Gasteiger charge is -2.20. The Morgan fingerprint density at radius 2 is 1.47 bits per heavy atom. The van der Waals surface area contributed by atoms with Crippen molar-refractivity contribution in [2.45, 2.75) is 13.0 Å². The number of pyridine rings is 2. The second kappa shape index (κ2) is 9.60. The van der Waals surface area contributed by atoms with Crippen LogP contribution in [0, 0.1) is 0 Å². The quantitative estimate of drug-likeness (QED) is 0.481. The molecule has 0 aliphatic heterocycles. The zero-order valence-corrected chi connectivity index (χ0v) is 16.9. The fourth-order valence-electron chi connectivity index (χ4n) is 3.11. The molecular formula is C24H24N6. The highest BCUT2D eigenvalue weighted by Gasteiger charge is 2.10. The lowest BCUT2D eigenvalue weighted by atomic mass is 10.1. The van der Waals surface area contributed by atoms with E-state index in [0.29, 0.717) is 12.5 Å². The van der Waals surface area contributed by atoms with Gasteiger partial charge in [-0.1, -0.05) is 30.3 Å². The van der Waals surface area contributed by atoms with Gasteiger partial charge in [-0.15, -0.1) is 0 Å². The Balaban J connectivity index is 1.56. The van der Waals surface area contributed by atoms with E-state index >= 15 is 0 Å². The Morgan fingerprint density at radius 1 is 0.800 bits per heavy atom. The minimum atomic E-state index is 0.610. The fraction of sp³-hybridized carbons (Fsp3) is 0.167. The van der Waals surface area contributed by atoms with Crippen LogP contribution in [0.5, 0.6) is 0 Å². The number of aromatic nitrogens is 4. The second-order valence-electron chi connectivity index (χ2n) is 7.04. The van der Waals surface area contributed by atoms with Crippen molar-refractivity contribution in [3.05, 3.63) is 96.6 Å². The van der Waals surface area contributed by atoms with E-state index in [-0.39, 0.29) is 0 Å². The molecule has 0 aliphatic rings. The Bertz CT molecular complexity index is 1050. The number of anilines is 2. The number of nitrogens with one attached hydrogen (secondary N) is 1. The van der Waals surface area contributed by atoms with Crippen molar-refractivity contribution < 1.29 is 0 Å². The number of hydrogen-bond acceptors (Lipinski definition) is 6. The zero-order valence-electron chi connectivity index (χ0n) is 16.9. The highest BCUT2D eigenvalue weighted by atomic mass is 15.2. The van der Waals surface area contributed by atoms with Crippen LogP contribution in [0.3, 0.4) is 0 Å². The molecule has 0 fully saturated rings. The zero-order chi connectivity index (χ0) is 20.6. The normalized spacial score (nSPS) is 10.6. The number of benzene rings is 1. The van der Waals surface area contributed by atoms with Gasteiger partial charge in [0.2, 0.25) is 5.95 Å². The molecule has 30 heavy (non-hydrogen) atoms. The fourth-order valence-corrected chi connectivity index (χ4v) is 3.11. The van der Waals surface area contributed by atoms with Crippen LogP contribution in [0.2, 0.25) is 0 Å². The molecule has 0 saturated heterocycles. The molecule has 0 spiro atoms. The molecule has 6 nitrogen and oxygen atoms in total. The smallest absolute Gasteiger partial charge is 0.225 e. The first-order chi connectivity index (χ1) is 14.8. The lowest BCUT2D eigenvalue weighted by molar-refractivity contribution is 0.854. The highest BCUT2D eigenvalue weighted by molar-refractivity contribution is 5.64. The lowest BCUT2D eigenvalue weighted by Crippen LogP contribution is -2.22. The van der Waals surface area contributed by atoms with Crippen molar-refractivity contribution in [2.24, 2.45) is 0 Å². The van der Waals surface area contributed by atoms with Crippen molar-refractivity contribution in [1.82, 2.24) is 19.9 Å². The van der Waals surface area contributed by atoms with Crippen LogP contribution in [-0.4, -0.2) is 33.5 Å². The summed E-state index contributed by atoms with van der Waals surface area (Å²) in [5.41, 5.74) is 4.35. The summed E-state index contributed by atoms with van der Waals surface area (Å²) in [6.45, 7) is 1.49. The summed E-state index contributed by atoms with van der Waals surface area (Å²) in [7, 11) is 2.06. The van der Waals surface area contributed by atoms with Crippen molar-refractivity contribution in [1.29, 1.82) is 0 Å². The summed E-state index contributed by atoms with van der Waals surface area (Å²) in [5.74, 6) is 1.49. The van der Waals surface area contributed by atoms with Crippen LogP contribution in [0.4, 0.5) is 11.8 Å². The molecule has 150 valence electrons. The van der Waals surface area contributed by atoms with Gasteiger partial charge in [0.15, 0.2) is 0 Å². The van der Waals surface area contributed by atoms with Gasteiger partial charge in [0.05, 0.1) is 5.69 Å². The van der Waals surface area contributed by atoms with E-state index in [0.717, 1.165) is 35.6 Å². The van der Waals surface area contributed by atoms with Gasteiger partial charge in [0.25, 0.3) is 0 Å². The van der Waals surface area contributed by atoms with Crippen LogP contribution < -0.4 is 10.2 Å². The van der Waals surface area contributed by atoms with Crippen molar-refractivity contribution in [2.75, 3.05) is 23.8 Å². The second-order valence-corrected chi connectivity index (χ2v) is 7.04. The predicted molar refractivity (Wildman–Crippen MR) is 120 cm³/mol. The number of rotatable bonds is 8.